The topological polar surface area (TPSA) is 58.6 Å². The maximum Gasteiger partial charge on any atom is 0.410 e. The van der Waals surface area contributed by atoms with Crippen molar-refractivity contribution in [1.29, 1.82) is 0 Å². The highest BCUT2D eigenvalue weighted by atomic mass is 16.6. The van der Waals surface area contributed by atoms with Crippen molar-refractivity contribution in [2.75, 3.05) is 19.6 Å². The monoisotopic (exact) mass is 288 g/mol. The lowest BCUT2D eigenvalue weighted by molar-refractivity contribution is -0.119. The van der Waals surface area contributed by atoms with Crippen LogP contribution in [-0.2, 0) is 16.1 Å². The molecule has 0 unspecified atom stereocenters. The highest BCUT2D eigenvalue weighted by Crippen LogP contribution is 2.20. The smallest absolute Gasteiger partial charge is 0.410 e. The molecule has 1 aliphatic carbocycles. The molecule has 1 saturated heterocycles. The van der Waals surface area contributed by atoms with Gasteiger partial charge in [-0.1, -0.05) is 30.3 Å². The summed E-state index contributed by atoms with van der Waals surface area (Å²) in [6, 6.07) is 10.1. The van der Waals surface area contributed by atoms with Gasteiger partial charge in [0.2, 0.25) is 0 Å². The number of ketones is 1. The van der Waals surface area contributed by atoms with Gasteiger partial charge in [0.15, 0.2) is 5.78 Å². The third-order valence-corrected chi connectivity index (χ3v) is 3.94. The summed E-state index contributed by atoms with van der Waals surface area (Å²) in [5.74, 6) is 0.0367. The average molecular weight is 288 g/mol. The van der Waals surface area contributed by atoms with Gasteiger partial charge in [0.25, 0.3) is 0 Å². The van der Waals surface area contributed by atoms with E-state index in [2.05, 4.69) is 5.32 Å². The molecule has 1 amide bonds. The van der Waals surface area contributed by atoms with Crippen LogP contribution in [0.15, 0.2) is 30.3 Å². The lowest BCUT2D eigenvalue weighted by Crippen LogP contribution is -2.32. The van der Waals surface area contributed by atoms with Gasteiger partial charge in [0.1, 0.15) is 6.61 Å². The van der Waals surface area contributed by atoms with Crippen LogP contribution in [0.1, 0.15) is 18.4 Å². The van der Waals surface area contributed by atoms with E-state index in [0.717, 1.165) is 5.56 Å². The molecule has 1 aliphatic heterocycles. The zero-order valence-corrected chi connectivity index (χ0v) is 12.0. The number of nitrogens with zero attached hydrogens (tertiary/aromatic N) is 1. The van der Waals surface area contributed by atoms with E-state index < -0.39 is 6.09 Å². The second-order valence-electron chi connectivity index (χ2n) is 5.77. The lowest BCUT2D eigenvalue weighted by Gasteiger charge is -2.15. The molecule has 3 rings (SSSR count). The molecule has 1 heterocycles. The molecule has 2 aliphatic rings. The van der Waals surface area contributed by atoms with E-state index in [-0.39, 0.29) is 24.9 Å². The number of likely N-dealkylation sites (tertiary alicyclic amines) is 1. The Balaban J connectivity index is 1.45. The van der Waals surface area contributed by atoms with Crippen molar-refractivity contribution < 1.29 is 14.3 Å². The first-order chi connectivity index (χ1) is 10.2. The van der Waals surface area contributed by atoms with Crippen molar-refractivity contribution in [3.63, 3.8) is 0 Å². The number of ether oxygens (including phenoxy) is 1. The van der Waals surface area contributed by atoms with Crippen LogP contribution >= 0.6 is 0 Å². The number of hydrogen-bond donors (Lipinski definition) is 1. The molecular formula is C16H20N2O3. The molecular weight excluding hydrogens is 268 g/mol. The van der Waals surface area contributed by atoms with E-state index in [0.29, 0.717) is 19.1 Å². The fourth-order valence-corrected chi connectivity index (χ4v) is 2.47. The summed E-state index contributed by atoms with van der Waals surface area (Å²) in [6.07, 6.45) is 1.99. The summed E-state index contributed by atoms with van der Waals surface area (Å²) in [5, 5.41) is 3.35. The van der Waals surface area contributed by atoms with E-state index in [9.17, 15) is 9.59 Å². The van der Waals surface area contributed by atoms with E-state index in [4.69, 9.17) is 4.74 Å². The van der Waals surface area contributed by atoms with Gasteiger partial charge in [0.05, 0.1) is 6.54 Å². The molecule has 0 bridgehead atoms. The van der Waals surface area contributed by atoms with Gasteiger partial charge in [-0.3, -0.25) is 4.79 Å². The molecule has 5 nitrogen and oxygen atoms in total. The normalized spacial score (nSPS) is 21.6. The SMILES string of the molecule is O=C1CN(C(=O)OCc2ccccc2)C[C@@H]1CNC1CC1. The predicted octanol–water partition coefficient (Wildman–Crippen LogP) is 1.58. The van der Waals surface area contributed by atoms with Gasteiger partial charge < -0.3 is 15.0 Å². The molecule has 5 heteroatoms. The van der Waals surface area contributed by atoms with Gasteiger partial charge in [-0.25, -0.2) is 4.79 Å². The highest BCUT2D eigenvalue weighted by molar-refractivity contribution is 5.89. The predicted molar refractivity (Wildman–Crippen MR) is 77.7 cm³/mol. The summed E-state index contributed by atoms with van der Waals surface area (Å²) >= 11 is 0. The van der Waals surface area contributed by atoms with Crippen LogP contribution in [0.2, 0.25) is 0 Å². The molecule has 1 atom stereocenters. The van der Waals surface area contributed by atoms with Crippen molar-refractivity contribution in [2.24, 2.45) is 5.92 Å². The van der Waals surface area contributed by atoms with Gasteiger partial charge in [0, 0.05) is 25.0 Å². The first kappa shape index (κ1) is 14.1. The Labute approximate surface area is 124 Å². The number of hydrogen-bond acceptors (Lipinski definition) is 4. The zero-order valence-electron chi connectivity index (χ0n) is 12.0. The quantitative estimate of drug-likeness (QED) is 0.893. The van der Waals surface area contributed by atoms with Crippen LogP contribution in [-0.4, -0.2) is 42.5 Å². The minimum absolute atomic E-state index is 0.0881. The van der Waals surface area contributed by atoms with Crippen molar-refractivity contribution >= 4 is 11.9 Å². The number of amides is 1. The van der Waals surface area contributed by atoms with Gasteiger partial charge in [-0.2, -0.15) is 0 Å². The third-order valence-electron chi connectivity index (χ3n) is 3.94. The number of Topliss-reactive ketones (excluding diaryl/α,β-unsaturated/α-hetero) is 1. The molecule has 1 aromatic rings. The first-order valence-corrected chi connectivity index (χ1v) is 7.44. The van der Waals surface area contributed by atoms with Crippen LogP contribution in [0.25, 0.3) is 0 Å². The zero-order chi connectivity index (χ0) is 14.7. The van der Waals surface area contributed by atoms with Crippen molar-refractivity contribution in [2.45, 2.75) is 25.5 Å². The summed E-state index contributed by atoms with van der Waals surface area (Å²) in [5.41, 5.74) is 0.948. The van der Waals surface area contributed by atoms with Crippen LogP contribution in [0.5, 0.6) is 0 Å². The van der Waals surface area contributed by atoms with Crippen LogP contribution in [0.3, 0.4) is 0 Å². The Morgan fingerprint density at radius 1 is 1.29 bits per heavy atom. The maximum absolute atomic E-state index is 12.0. The van der Waals surface area contributed by atoms with Crippen molar-refractivity contribution in [1.82, 2.24) is 10.2 Å². The minimum atomic E-state index is -0.402. The van der Waals surface area contributed by atoms with Crippen molar-refractivity contribution in [3.05, 3.63) is 35.9 Å². The second-order valence-corrected chi connectivity index (χ2v) is 5.77. The molecule has 1 saturated carbocycles. The number of carbonyl (C=O) groups excluding carboxylic acids is 2. The van der Waals surface area contributed by atoms with E-state index in [1.54, 1.807) is 0 Å². The van der Waals surface area contributed by atoms with Crippen LogP contribution in [0.4, 0.5) is 4.79 Å². The number of nitrogens with one attached hydrogen (secondary N) is 1. The second kappa shape index (κ2) is 6.26. The fraction of sp³-hybridized carbons (Fsp3) is 0.500. The first-order valence-electron chi connectivity index (χ1n) is 7.44. The van der Waals surface area contributed by atoms with Crippen LogP contribution in [0, 0.1) is 5.92 Å². The summed E-state index contributed by atoms with van der Waals surface area (Å²) in [7, 11) is 0. The molecule has 0 radical (unpaired) electrons. The van der Waals surface area contributed by atoms with E-state index in [1.165, 1.54) is 17.7 Å². The number of benzene rings is 1. The molecule has 0 aromatic heterocycles. The largest absolute Gasteiger partial charge is 0.445 e. The molecule has 21 heavy (non-hydrogen) atoms. The molecule has 112 valence electrons. The highest BCUT2D eigenvalue weighted by Gasteiger charge is 2.35. The Morgan fingerprint density at radius 2 is 2.05 bits per heavy atom. The Hall–Kier alpha value is -1.88. The molecule has 1 N–H and O–H groups in total. The lowest BCUT2D eigenvalue weighted by atomic mass is 10.1. The molecule has 0 spiro atoms. The number of carbonyl (C=O) groups is 2. The molecule has 1 aromatic carbocycles. The van der Waals surface area contributed by atoms with E-state index >= 15 is 0 Å². The molecule has 2 fully saturated rings. The maximum atomic E-state index is 12.0. The standard InChI is InChI=1S/C16H20N2O3/c19-15-10-18(9-13(15)8-17-14-6-7-14)16(20)21-11-12-4-2-1-3-5-12/h1-5,13-14,17H,6-11H2/t13-/m0/s1. The average Bonchev–Trinajstić information content (AvgIpc) is 3.26. The van der Waals surface area contributed by atoms with Gasteiger partial charge in [-0.15, -0.1) is 0 Å². The van der Waals surface area contributed by atoms with Gasteiger partial charge >= 0.3 is 6.09 Å². The summed E-state index contributed by atoms with van der Waals surface area (Å²) < 4.78 is 5.26. The minimum Gasteiger partial charge on any atom is -0.445 e. The fourth-order valence-electron chi connectivity index (χ4n) is 2.47. The Morgan fingerprint density at radius 3 is 2.76 bits per heavy atom. The van der Waals surface area contributed by atoms with Gasteiger partial charge in [-0.05, 0) is 18.4 Å². The summed E-state index contributed by atoms with van der Waals surface area (Å²) in [4.78, 5) is 25.4. The number of rotatable bonds is 5. The Bertz CT molecular complexity index is 514. The summed E-state index contributed by atoms with van der Waals surface area (Å²) in [6.45, 7) is 1.55. The Kier molecular flexibility index (Phi) is 4.20. The van der Waals surface area contributed by atoms with Crippen molar-refractivity contribution in [3.8, 4) is 0 Å². The third kappa shape index (κ3) is 3.82. The van der Waals surface area contributed by atoms with E-state index in [1.807, 2.05) is 30.3 Å². The van der Waals surface area contributed by atoms with Crippen LogP contribution < -0.4 is 5.32 Å².